The molecule has 1 N–H and O–H groups in total. The van der Waals surface area contributed by atoms with E-state index in [1.807, 2.05) is 0 Å². The zero-order chi connectivity index (χ0) is 13.5. The SMILES string of the molecule is CC(C)(C)C1(c2cccc3c2OCCC3)CCCN1. The Balaban J connectivity index is 2.14. The predicted molar refractivity (Wildman–Crippen MR) is 78.6 cm³/mol. The second-order valence-corrected chi connectivity index (χ2v) is 6.93. The molecule has 0 spiro atoms. The molecule has 19 heavy (non-hydrogen) atoms. The molecule has 2 aliphatic heterocycles. The molecule has 104 valence electrons. The zero-order valence-electron chi connectivity index (χ0n) is 12.4. The Labute approximate surface area is 116 Å². The van der Waals surface area contributed by atoms with Crippen LogP contribution in [0.2, 0.25) is 0 Å². The van der Waals surface area contributed by atoms with Gasteiger partial charge in [0.05, 0.1) is 12.1 Å². The van der Waals surface area contributed by atoms with Crippen molar-refractivity contribution in [2.75, 3.05) is 13.2 Å². The van der Waals surface area contributed by atoms with E-state index in [1.54, 1.807) is 0 Å². The molecular weight excluding hydrogens is 234 g/mol. The lowest BCUT2D eigenvalue weighted by Crippen LogP contribution is -2.48. The summed E-state index contributed by atoms with van der Waals surface area (Å²) in [5.74, 6) is 1.16. The number of para-hydroxylation sites is 1. The summed E-state index contributed by atoms with van der Waals surface area (Å²) in [4.78, 5) is 0. The van der Waals surface area contributed by atoms with Gasteiger partial charge in [-0.05, 0) is 43.2 Å². The molecule has 0 saturated carbocycles. The van der Waals surface area contributed by atoms with Crippen molar-refractivity contribution in [3.05, 3.63) is 29.3 Å². The first kappa shape index (κ1) is 13.0. The molecule has 1 fully saturated rings. The lowest BCUT2D eigenvalue weighted by atomic mass is 9.68. The summed E-state index contributed by atoms with van der Waals surface area (Å²) in [6.07, 6.45) is 4.76. The summed E-state index contributed by atoms with van der Waals surface area (Å²) < 4.78 is 6.05. The van der Waals surface area contributed by atoms with E-state index in [0.717, 1.165) is 31.7 Å². The summed E-state index contributed by atoms with van der Waals surface area (Å²) in [5.41, 5.74) is 3.03. The number of benzene rings is 1. The van der Waals surface area contributed by atoms with Gasteiger partial charge in [0, 0.05) is 5.56 Å². The van der Waals surface area contributed by atoms with Crippen LogP contribution in [0.25, 0.3) is 0 Å². The van der Waals surface area contributed by atoms with Gasteiger partial charge in [-0.1, -0.05) is 39.0 Å². The molecule has 2 nitrogen and oxygen atoms in total. The third-order valence-electron chi connectivity index (χ3n) is 4.83. The Kier molecular flexibility index (Phi) is 3.09. The third-order valence-corrected chi connectivity index (χ3v) is 4.83. The lowest BCUT2D eigenvalue weighted by Gasteiger charge is -2.44. The second-order valence-electron chi connectivity index (χ2n) is 6.93. The van der Waals surface area contributed by atoms with Gasteiger partial charge in [0.1, 0.15) is 5.75 Å². The monoisotopic (exact) mass is 259 g/mol. The molecule has 1 atom stereocenters. The van der Waals surface area contributed by atoms with E-state index >= 15 is 0 Å². The maximum Gasteiger partial charge on any atom is 0.127 e. The van der Waals surface area contributed by atoms with Crippen LogP contribution in [0.4, 0.5) is 0 Å². The summed E-state index contributed by atoms with van der Waals surface area (Å²) in [5, 5.41) is 3.80. The Morgan fingerprint density at radius 2 is 2.05 bits per heavy atom. The van der Waals surface area contributed by atoms with Crippen molar-refractivity contribution in [2.45, 2.75) is 52.0 Å². The van der Waals surface area contributed by atoms with E-state index in [-0.39, 0.29) is 11.0 Å². The summed E-state index contributed by atoms with van der Waals surface area (Å²) in [7, 11) is 0. The molecule has 2 heteroatoms. The van der Waals surface area contributed by atoms with Gasteiger partial charge in [0.25, 0.3) is 0 Å². The van der Waals surface area contributed by atoms with Crippen LogP contribution in [0.5, 0.6) is 5.75 Å². The highest BCUT2D eigenvalue weighted by atomic mass is 16.5. The fourth-order valence-corrected chi connectivity index (χ4v) is 3.74. The highest BCUT2D eigenvalue weighted by Gasteiger charge is 2.47. The molecule has 1 saturated heterocycles. The Morgan fingerprint density at radius 3 is 2.74 bits per heavy atom. The van der Waals surface area contributed by atoms with E-state index < -0.39 is 0 Å². The van der Waals surface area contributed by atoms with Gasteiger partial charge in [-0.3, -0.25) is 0 Å². The first-order chi connectivity index (χ1) is 9.05. The lowest BCUT2D eigenvalue weighted by molar-refractivity contribution is 0.152. The fraction of sp³-hybridized carbons (Fsp3) is 0.647. The van der Waals surface area contributed by atoms with Crippen LogP contribution in [-0.4, -0.2) is 13.2 Å². The average Bonchev–Trinajstić information content (AvgIpc) is 2.88. The Hall–Kier alpha value is -1.02. The molecule has 1 aromatic rings. The predicted octanol–water partition coefficient (Wildman–Crippen LogP) is 3.64. The van der Waals surface area contributed by atoms with Gasteiger partial charge in [-0.2, -0.15) is 0 Å². The molecule has 1 unspecified atom stereocenters. The summed E-state index contributed by atoms with van der Waals surface area (Å²) in [6, 6.07) is 6.70. The topological polar surface area (TPSA) is 21.3 Å². The number of rotatable bonds is 1. The van der Waals surface area contributed by atoms with E-state index in [0.29, 0.717) is 0 Å². The van der Waals surface area contributed by atoms with E-state index in [1.165, 1.54) is 24.0 Å². The smallest absolute Gasteiger partial charge is 0.127 e. The molecule has 2 heterocycles. The molecule has 0 radical (unpaired) electrons. The highest BCUT2D eigenvalue weighted by molar-refractivity contribution is 5.48. The average molecular weight is 259 g/mol. The standard InChI is InChI=1S/C17H25NO/c1-16(2,3)17(10-6-11-18-17)14-9-4-7-13-8-5-12-19-15(13)14/h4,7,9,18H,5-6,8,10-12H2,1-3H3. The minimum atomic E-state index is 0.0652. The fourth-order valence-electron chi connectivity index (χ4n) is 3.74. The number of ether oxygens (including phenoxy) is 1. The molecule has 0 aliphatic carbocycles. The van der Waals surface area contributed by atoms with Crippen LogP contribution >= 0.6 is 0 Å². The van der Waals surface area contributed by atoms with Crippen LogP contribution < -0.4 is 10.1 Å². The summed E-state index contributed by atoms with van der Waals surface area (Å²) >= 11 is 0. The van der Waals surface area contributed by atoms with Crippen molar-refractivity contribution in [2.24, 2.45) is 5.41 Å². The second kappa shape index (κ2) is 4.52. The van der Waals surface area contributed by atoms with Gasteiger partial charge < -0.3 is 10.1 Å². The van der Waals surface area contributed by atoms with Crippen molar-refractivity contribution < 1.29 is 4.74 Å². The minimum absolute atomic E-state index is 0.0652. The van der Waals surface area contributed by atoms with Crippen molar-refractivity contribution in [1.82, 2.24) is 5.32 Å². The normalized spacial score (nSPS) is 26.9. The van der Waals surface area contributed by atoms with Crippen molar-refractivity contribution in [3.8, 4) is 5.75 Å². The van der Waals surface area contributed by atoms with Gasteiger partial charge in [0.15, 0.2) is 0 Å². The van der Waals surface area contributed by atoms with Crippen LogP contribution in [0.15, 0.2) is 18.2 Å². The van der Waals surface area contributed by atoms with Crippen LogP contribution in [0.1, 0.15) is 51.2 Å². The minimum Gasteiger partial charge on any atom is -0.493 e. The Bertz CT molecular complexity index is 467. The molecule has 2 aliphatic rings. The van der Waals surface area contributed by atoms with Gasteiger partial charge in [-0.25, -0.2) is 0 Å². The van der Waals surface area contributed by atoms with Gasteiger partial charge in [0.2, 0.25) is 0 Å². The van der Waals surface area contributed by atoms with E-state index in [4.69, 9.17) is 4.74 Å². The first-order valence-corrected chi connectivity index (χ1v) is 7.55. The van der Waals surface area contributed by atoms with Crippen molar-refractivity contribution >= 4 is 0 Å². The largest absolute Gasteiger partial charge is 0.493 e. The van der Waals surface area contributed by atoms with Crippen LogP contribution in [-0.2, 0) is 12.0 Å². The number of hydrogen-bond donors (Lipinski definition) is 1. The molecule has 0 bridgehead atoms. The number of fused-ring (bicyclic) bond motifs is 1. The van der Waals surface area contributed by atoms with Crippen LogP contribution in [0.3, 0.4) is 0 Å². The number of aryl methyl sites for hydroxylation is 1. The molecular formula is C17H25NO. The molecule has 1 aromatic carbocycles. The van der Waals surface area contributed by atoms with E-state index in [2.05, 4.69) is 44.3 Å². The molecule has 3 rings (SSSR count). The van der Waals surface area contributed by atoms with Gasteiger partial charge in [-0.15, -0.1) is 0 Å². The molecule has 0 amide bonds. The van der Waals surface area contributed by atoms with Crippen molar-refractivity contribution in [3.63, 3.8) is 0 Å². The van der Waals surface area contributed by atoms with Gasteiger partial charge >= 0.3 is 0 Å². The Morgan fingerprint density at radius 1 is 1.21 bits per heavy atom. The van der Waals surface area contributed by atoms with E-state index in [9.17, 15) is 0 Å². The quantitative estimate of drug-likeness (QED) is 0.831. The maximum atomic E-state index is 6.05. The molecule has 0 aromatic heterocycles. The van der Waals surface area contributed by atoms with Crippen LogP contribution in [0, 0.1) is 5.41 Å². The zero-order valence-corrected chi connectivity index (χ0v) is 12.4. The number of nitrogens with one attached hydrogen (secondary N) is 1. The van der Waals surface area contributed by atoms with Crippen molar-refractivity contribution in [1.29, 1.82) is 0 Å². The number of hydrogen-bond acceptors (Lipinski definition) is 2. The maximum absolute atomic E-state index is 6.05. The third kappa shape index (κ3) is 1.97. The highest BCUT2D eigenvalue weighted by Crippen LogP contribution is 2.49. The first-order valence-electron chi connectivity index (χ1n) is 7.55. The summed E-state index contributed by atoms with van der Waals surface area (Å²) in [6.45, 7) is 9.00.